The van der Waals surface area contributed by atoms with Crippen LogP contribution >= 0.6 is 0 Å². The Morgan fingerprint density at radius 1 is 1.03 bits per heavy atom. The molecule has 1 aliphatic heterocycles. The van der Waals surface area contributed by atoms with Crippen molar-refractivity contribution in [3.8, 4) is 5.75 Å². The number of nitrogens with one attached hydrogen (secondary N) is 1. The first kappa shape index (κ1) is 26.5. The molecule has 1 saturated carbocycles. The lowest BCUT2D eigenvalue weighted by Gasteiger charge is -2.32. The fraction of sp³-hybridized carbons (Fsp3) is 0.433. The van der Waals surface area contributed by atoms with Crippen molar-refractivity contribution < 1.29 is 19.1 Å². The van der Waals surface area contributed by atoms with Gasteiger partial charge in [0.2, 0.25) is 0 Å². The molecule has 3 aliphatic rings. The number of aryl methyl sites for hydroxylation is 1. The molecular weight excluding hydrogens is 466 g/mol. The minimum atomic E-state index is -0.270. The predicted octanol–water partition coefficient (Wildman–Crippen LogP) is 5.51. The Morgan fingerprint density at radius 2 is 1.78 bits per heavy atom. The molecule has 1 aromatic heterocycles. The average molecular weight is 504 g/mol. The van der Waals surface area contributed by atoms with Gasteiger partial charge in [-0.1, -0.05) is 30.7 Å². The van der Waals surface area contributed by atoms with E-state index in [1.165, 1.54) is 6.42 Å². The van der Waals surface area contributed by atoms with E-state index < -0.39 is 0 Å². The highest BCUT2D eigenvalue weighted by atomic mass is 16.5. The van der Waals surface area contributed by atoms with Gasteiger partial charge in [0.05, 0.1) is 12.7 Å². The quantitative estimate of drug-likeness (QED) is 0.530. The van der Waals surface area contributed by atoms with Gasteiger partial charge in [0.25, 0.3) is 0 Å². The number of dihydropyridines is 1. The van der Waals surface area contributed by atoms with Crippen LogP contribution in [-0.2, 0) is 14.3 Å². The Kier molecular flexibility index (Phi) is 8.64. The third kappa shape index (κ3) is 6.59. The second-order valence-electron chi connectivity index (χ2n) is 10.0. The topological polar surface area (TPSA) is 104 Å². The number of Topliss-reactive ketones (excluding diaryl/α,β-unsaturated/α-hetero) is 1. The van der Waals surface area contributed by atoms with Gasteiger partial charge in [-0.05, 0) is 69.7 Å². The van der Waals surface area contributed by atoms with Crippen LogP contribution in [0.3, 0.4) is 0 Å². The van der Waals surface area contributed by atoms with Crippen LogP contribution in [-0.4, -0.2) is 30.0 Å². The number of pyridine rings is 1. The summed E-state index contributed by atoms with van der Waals surface area (Å²) in [5.74, 6) is 1.31. The van der Waals surface area contributed by atoms with Gasteiger partial charge in [0, 0.05) is 41.4 Å². The highest BCUT2D eigenvalue weighted by molar-refractivity contribution is 6.01. The summed E-state index contributed by atoms with van der Waals surface area (Å²) in [4.78, 5) is 29.7. The molecule has 0 radical (unpaired) electrons. The summed E-state index contributed by atoms with van der Waals surface area (Å²) in [5, 5.41) is 3.35. The number of rotatable bonds is 4. The van der Waals surface area contributed by atoms with Gasteiger partial charge in [-0.3, -0.25) is 4.79 Å². The van der Waals surface area contributed by atoms with E-state index >= 15 is 0 Å². The number of nitrogens with zero attached hydrogens (tertiary/aromatic N) is 1. The molecular formula is C30H37N3O4. The van der Waals surface area contributed by atoms with Gasteiger partial charge in [-0.15, -0.1) is 0 Å². The van der Waals surface area contributed by atoms with Crippen LogP contribution in [0.5, 0.6) is 5.75 Å². The normalized spacial score (nSPS) is 19.9. The second kappa shape index (κ2) is 12.1. The number of aromatic nitrogens is 1. The highest BCUT2D eigenvalue weighted by Crippen LogP contribution is 2.41. The third-order valence-electron chi connectivity index (χ3n) is 7.29. The number of allylic oxidation sites excluding steroid dienone is 3. The van der Waals surface area contributed by atoms with E-state index in [4.69, 9.17) is 15.2 Å². The SMILES string of the molecule is COc1ccccc1C1CC(=O)C2=C(C1)NC(C)=C(C(=O)OC1CCCCC1)C2.Cc1cccc(N)n1. The fourth-order valence-electron chi connectivity index (χ4n) is 5.32. The number of ether oxygens (including phenoxy) is 2. The molecule has 1 atom stereocenters. The first-order valence-electron chi connectivity index (χ1n) is 13.1. The first-order valence-corrected chi connectivity index (χ1v) is 13.1. The molecule has 196 valence electrons. The van der Waals surface area contributed by atoms with Crippen molar-refractivity contribution in [3.05, 3.63) is 76.3 Å². The first-order chi connectivity index (χ1) is 17.9. The van der Waals surface area contributed by atoms with Crippen molar-refractivity contribution in [2.45, 2.75) is 77.2 Å². The van der Waals surface area contributed by atoms with E-state index in [0.29, 0.717) is 24.2 Å². The molecule has 5 rings (SSSR count). The Morgan fingerprint density at radius 3 is 2.46 bits per heavy atom. The summed E-state index contributed by atoms with van der Waals surface area (Å²) in [6.07, 6.45) is 6.90. The molecule has 1 fully saturated rings. The van der Waals surface area contributed by atoms with Crippen LogP contribution in [0.15, 0.2) is 65.0 Å². The van der Waals surface area contributed by atoms with Gasteiger partial charge in [-0.2, -0.15) is 0 Å². The summed E-state index contributed by atoms with van der Waals surface area (Å²) in [6, 6.07) is 13.4. The molecule has 0 bridgehead atoms. The maximum absolute atomic E-state index is 13.0. The van der Waals surface area contributed by atoms with Crippen molar-refractivity contribution >= 4 is 17.6 Å². The van der Waals surface area contributed by atoms with Gasteiger partial charge < -0.3 is 20.5 Å². The third-order valence-corrected chi connectivity index (χ3v) is 7.29. The summed E-state index contributed by atoms with van der Waals surface area (Å²) >= 11 is 0. The molecule has 7 heteroatoms. The number of methoxy groups -OCH3 is 1. The molecule has 2 heterocycles. The smallest absolute Gasteiger partial charge is 0.336 e. The Balaban J connectivity index is 0.000000342. The lowest BCUT2D eigenvalue weighted by molar-refractivity contribution is -0.145. The Bertz CT molecular complexity index is 1190. The number of esters is 1. The Hall–Kier alpha value is -3.61. The zero-order valence-corrected chi connectivity index (χ0v) is 22.0. The standard InChI is InChI=1S/C24H29NO4.C6H8N2/c1-15-19(24(27)29-17-8-4-3-5-9-17)14-20-21(25-15)12-16(13-22(20)26)18-10-6-7-11-23(18)28-2;1-5-3-2-4-6(7)8-5/h6-7,10-11,16-17,25H,3-5,8-9,12-14H2,1-2H3;2-4H,1H3,(H2,7,8). The number of anilines is 1. The number of hydrogen-bond donors (Lipinski definition) is 2. The highest BCUT2D eigenvalue weighted by Gasteiger charge is 2.35. The monoisotopic (exact) mass is 503 g/mol. The minimum Gasteiger partial charge on any atom is -0.496 e. The van der Waals surface area contributed by atoms with Crippen LogP contribution in [0, 0.1) is 6.92 Å². The number of benzene rings is 1. The summed E-state index contributed by atoms with van der Waals surface area (Å²) in [5.41, 5.74) is 10.4. The van der Waals surface area contributed by atoms with Crippen molar-refractivity contribution in [1.29, 1.82) is 0 Å². The van der Waals surface area contributed by atoms with E-state index in [9.17, 15) is 9.59 Å². The van der Waals surface area contributed by atoms with Gasteiger partial charge in [0.1, 0.15) is 17.7 Å². The minimum absolute atomic E-state index is 0.0175. The largest absolute Gasteiger partial charge is 0.496 e. The molecule has 3 N–H and O–H groups in total. The molecule has 37 heavy (non-hydrogen) atoms. The maximum Gasteiger partial charge on any atom is 0.336 e. The number of carbonyl (C=O) groups excluding carboxylic acids is 2. The van der Waals surface area contributed by atoms with Crippen molar-refractivity contribution in [2.24, 2.45) is 0 Å². The zero-order chi connectivity index (χ0) is 26.4. The molecule has 1 aromatic carbocycles. The second-order valence-corrected chi connectivity index (χ2v) is 10.0. The molecule has 2 aliphatic carbocycles. The molecule has 2 aromatic rings. The number of hydrogen-bond acceptors (Lipinski definition) is 7. The lowest BCUT2D eigenvalue weighted by atomic mass is 9.78. The van der Waals surface area contributed by atoms with E-state index in [0.717, 1.165) is 66.1 Å². The fourth-order valence-corrected chi connectivity index (χ4v) is 5.32. The summed E-state index contributed by atoms with van der Waals surface area (Å²) in [7, 11) is 1.66. The number of ketones is 1. The predicted molar refractivity (Wildman–Crippen MR) is 144 cm³/mol. The van der Waals surface area contributed by atoms with Crippen LogP contribution in [0.25, 0.3) is 0 Å². The number of nitrogens with two attached hydrogens (primary N) is 1. The number of para-hydroxylation sites is 1. The van der Waals surface area contributed by atoms with E-state index in [2.05, 4.69) is 10.3 Å². The molecule has 0 amide bonds. The van der Waals surface area contributed by atoms with Gasteiger partial charge in [-0.25, -0.2) is 9.78 Å². The Labute approximate surface area is 219 Å². The molecule has 7 nitrogen and oxygen atoms in total. The van der Waals surface area contributed by atoms with Crippen molar-refractivity contribution in [3.63, 3.8) is 0 Å². The van der Waals surface area contributed by atoms with Crippen LogP contribution < -0.4 is 15.8 Å². The van der Waals surface area contributed by atoms with Crippen LogP contribution in [0.1, 0.15) is 75.5 Å². The molecule has 0 saturated heterocycles. The van der Waals surface area contributed by atoms with Crippen molar-refractivity contribution in [1.82, 2.24) is 10.3 Å². The van der Waals surface area contributed by atoms with E-state index in [-0.39, 0.29) is 23.8 Å². The average Bonchev–Trinajstić information content (AvgIpc) is 2.89. The van der Waals surface area contributed by atoms with Crippen LogP contribution in [0.4, 0.5) is 5.82 Å². The number of carbonyl (C=O) groups is 2. The molecule has 0 spiro atoms. The van der Waals surface area contributed by atoms with Crippen molar-refractivity contribution in [2.75, 3.05) is 12.8 Å². The van der Waals surface area contributed by atoms with E-state index in [1.54, 1.807) is 13.2 Å². The van der Waals surface area contributed by atoms with Crippen LogP contribution in [0.2, 0.25) is 0 Å². The summed E-state index contributed by atoms with van der Waals surface area (Å²) in [6.45, 7) is 3.81. The molecule has 1 unspecified atom stereocenters. The maximum atomic E-state index is 13.0. The van der Waals surface area contributed by atoms with Gasteiger partial charge >= 0.3 is 5.97 Å². The van der Waals surface area contributed by atoms with Gasteiger partial charge in [0.15, 0.2) is 5.78 Å². The van der Waals surface area contributed by atoms with E-state index in [1.807, 2.05) is 50.2 Å². The summed E-state index contributed by atoms with van der Waals surface area (Å²) < 4.78 is 11.2. The zero-order valence-electron chi connectivity index (χ0n) is 22.0. The lowest BCUT2D eigenvalue weighted by Crippen LogP contribution is -2.32. The number of nitrogen functional groups attached to an aromatic ring is 1.